The van der Waals surface area contributed by atoms with Crippen LogP contribution in [0.4, 0.5) is 4.79 Å². The second-order valence-electron chi connectivity index (χ2n) is 3.12. The Balaban J connectivity index is 2.46. The van der Waals surface area contributed by atoms with Crippen molar-refractivity contribution >= 4 is 6.09 Å². The Morgan fingerprint density at radius 1 is 1.67 bits per heavy atom. The van der Waals surface area contributed by atoms with Crippen LogP contribution < -0.4 is 5.73 Å². The van der Waals surface area contributed by atoms with Crippen LogP contribution in [0.15, 0.2) is 0 Å². The molecule has 1 aliphatic heterocycles. The fourth-order valence-corrected chi connectivity index (χ4v) is 1.43. The van der Waals surface area contributed by atoms with Crippen molar-refractivity contribution in [3.63, 3.8) is 0 Å². The van der Waals surface area contributed by atoms with E-state index in [0.717, 1.165) is 0 Å². The topological polar surface area (TPSA) is 86.8 Å². The molecule has 0 aromatic heterocycles. The van der Waals surface area contributed by atoms with Crippen LogP contribution in [-0.2, 0) is 0 Å². The third-order valence-corrected chi connectivity index (χ3v) is 2.31. The zero-order valence-corrected chi connectivity index (χ0v) is 6.81. The third kappa shape index (κ3) is 1.86. The van der Waals surface area contributed by atoms with Gasteiger partial charge < -0.3 is 20.8 Å². The van der Waals surface area contributed by atoms with Crippen LogP contribution in [0.1, 0.15) is 6.42 Å². The summed E-state index contributed by atoms with van der Waals surface area (Å²) in [5.74, 6) is 0.0561. The highest BCUT2D eigenvalue weighted by Gasteiger charge is 2.27. The normalized spacial score (nSPS) is 30.3. The molecule has 1 heterocycles. The van der Waals surface area contributed by atoms with E-state index in [1.165, 1.54) is 4.90 Å². The predicted molar refractivity (Wildman–Crippen MR) is 42.8 cm³/mol. The van der Waals surface area contributed by atoms with Gasteiger partial charge in [0.05, 0.1) is 0 Å². The summed E-state index contributed by atoms with van der Waals surface area (Å²) in [7, 11) is 0. The standard InChI is InChI=1S/C7H14N2O3/c8-6-3-9(7(11)12)2-1-5(6)4-10/h5-6,10H,1-4,8H2,(H,11,12)/t5-,6-/m1/s1. The summed E-state index contributed by atoms with van der Waals surface area (Å²) in [6, 6.07) is -0.222. The summed E-state index contributed by atoms with van der Waals surface area (Å²) in [5, 5.41) is 17.5. The molecule has 0 bridgehead atoms. The molecule has 4 N–H and O–H groups in total. The lowest BCUT2D eigenvalue weighted by Crippen LogP contribution is -2.51. The van der Waals surface area contributed by atoms with E-state index in [1.807, 2.05) is 0 Å². The average Bonchev–Trinajstić information content (AvgIpc) is 2.04. The number of likely N-dealkylation sites (tertiary alicyclic amines) is 1. The van der Waals surface area contributed by atoms with Crippen molar-refractivity contribution < 1.29 is 15.0 Å². The molecule has 0 radical (unpaired) electrons. The lowest BCUT2D eigenvalue weighted by molar-refractivity contribution is 0.0953. The second-order valence-corrected chi connectivity index (χ2v) is 3.12. The van der Waals surface area contributed by atoms with Gasteiger partial charge in [0, 0.05) is 31.7 Å². The highest BCUT2D eigenvalue weighted by molar-refractivity contribution is 5.65. The van der Waals surface area contributed by atoms with Gasteiger partial charge in [-0.05, 0) is 6.42 Å². The molecule has 0 aliphatic carbocycles. The Morgan fingerprint density at radius 3 is 2.75 bits per heavy atom. The highest BCUT2D eigenvalue weighted by Crippen LogP contribution is 2.15. The Bertz CT molecular complexity index is 174. The van der Waals surface area contributed by atoms with Gasteiger partial charge in [0.2, 0.25) is 0 Å². The first-order valence-corrected chi connectivity index (χ1v) is 3.99. The Hall–Kier alpha value is -0.810. The average molecular weight is 174 g/mol. The molecule has 5 nitrogen and oxygen atoms in total. The van der Waals surface area contributed by atoms with E-state index in [9.17, 15) is 4.79 Å². The zero-order chi connectivity index (χ0) is 9.14. The maximum absolute atomic E-state index is 10.5. The van der Waals surface area contributed by atoms with Gasteiger partial charge in [-0.2, -0.15) is 0 Å². The van der Waals surface area contributed by atoms with E-state index in [1.54, 1.807) is 0 Å². The summed E-state index contributed by atoms with van der Waals surface area (Å²) in [6.45, 7) is 0.865. The lowest BCUT2D eigenvalue weighted by Gasteiger charge is -2.34. The minimum Gasteiger partial charge on any atom is -0.465 e. The Labute approximate surface area is 70.8 Å². The number of rotatable bonds is 1. The Kier molecular flexibility index (Phi) is 2.88. The highest BCUT2D eigenvalue weighted by atomic mass is 16.4. The number of amides is 1. The molecule has 1 rings (SSSR count). The molecule has 5 heteroatoms. The van der Waals surface area contributed by atoms with Crippen molar-refractivity contribution in [2.24, 2.45) is 11.7 Å². The number of nitrogens with zero attached hydrogens (tertiary/aromatic N) is 1. The van der Waals surface area contributed by atoms with Crippen molar-refractivity contribution in [2.45, 2.75) is 12.5 Å². The molecule has 0 saturated carbocycles. The lowest BCUT2D eigenvalue weighted by atomic mass is 9.93. The smallest absolute Gasteiger partial charge is 0.407 e. The first kappa shape index (κ1) is 9.28. The first-order valence-electron chi connectivity index (χ1n) is 3.99. The molecule has 1 aliphatic rings. The monoisotopic (exact) mass is 174 g/mol. The number of aliphatic hydroxyl groups excluding tert-OH is 1. The van der Waals surface area contributed by atoms with Gasteiger partial charge in [0.1, 0.15) is 0 Å². The molecule has 1 saturated heterocycles. The fourth-order valence-electron chi connectivity index (χ4n) is 1.43. The molecule has 1 fully saturated rings. The number of aliphatic hydroxyl groups is 1. The van der Waals surface area contributed by atoms with Gasteiger partial charge in [-0.25, -0.2) is 4.79 Å². The van der Waals surface area contributed by atoms with Gasteiger partial charge in [-0.3, -0.25) is 0 Å². The van der Waals surface area contributed by atoms with Crippen molar-refractivity contribution in [2.75, 3.05) is 19.7 Å². The van der Waals surface area contributed by atoms with E-state index < -0.39 is 6.09 Å². The summed E-state index contributed by atoms with van der Waals surface area (Å²) < 4.78 is 0. The summed E-state index contributed by atoms with van der Waals surface area (Å²) in [6.07, 6.45) is -0.272. The number of carbonyl (C=O) groups is 1. The van der Waals surface area contributed by atoms with Gasteiger partial charge in [0.25, 0.3) is 0 Å². The molecule has 0 aromatic carbocycles. The van der Waals surface area contributed by atoms with Gasteiger partial charge in [0.15, 0.2) is 0 Å². The number of nitrogens with two attached hydrogens (primary N) is 1. The number of hydrogen-bond acceptors (Lipinski definition) is 3. The van der Waals surface area contributed by atoms with Crippen LogP contribution in [0.25, 0.3) is 0 Å². The summed E-state index contributed by atoms with van der Waals surface area (Å²) in [5.41, 5.74) is 5.65. The van der Waals surface area contributed by atoms with Crippen LogP contribution >= 0.6 is 0 Å². The molecule has 0 aromatic rings. The van der Waals surface area contributed by atoms with Crippen molar-refractivity contribution in [3.8, 4) is 0 Å². The minimum absolute atomic E-state index is 0.0502. The van der Waals surface area contributed by atoms with Crippen molar-refractivity contribution in [1.29, 1.82) is 0 Å². The maximum atomic E-state index is 10.5. The fraction of sp³-hybridized carbons (Fsp3) is 0.857. The minimum atomic E-state index is -0.929. The predicted octanol–water partition coefficient (Wildman–Crippen LogP) is -0.694. The van der Waals surface area contributed by atoms with Gasteiger partial charge >= 0.3 is 6.09 Å². The molecule has 0 spiro atoms. The number of hydrogen-bond donors (Lipinski definition) is 3. The van der Waals surface area contributed by atoms with Gasteiger partial charge in [-0.15, -0.1) is 0 Å². The molecule has 70 valence electrons. The van der Waals surface area contributed by atoms with Gasteiger partial charge in [-0.1, -0.05) is 0 Å². The van der Waals surface area contributed by atoms with Crippen LogP contribution in [0.2, 0.25) is 0 Å². The second kappa shape index (κ2) is 3.73. The van der Waals surface area contributed by atoms with E-state index in [0.29, 0.717) is 19.5 Å². The third-order valence-electron chi connectivity index (χ3n) is 2.31. The summed E-state index contributed by atoms with van der Waals surface area (Å²) >= 11 is 0. The van der Waals surface area contributed by atoms with Crippen LogP contribution in [0.3, 0.4) is 0 Å². The Morgan fingerprint density at radius 2 is 2.33 bits per heavy atom. The molecule has 0 unspecified atom stereocenters. The van der Waals surface area contributed by atoms with E-state index >= 15 is 0 Å². The van der Waals surface area contributed by atoms with Crippen LogP contribution in [-0.4, -0.2) is 46.9 Å². The molecule has 2 atom stereocenters. The van der Waals surface area contributed by atoms with Crippen molar-refractivity contribution in [1.82, 2.24) is 4.90 Å². The van der Waals surface area contributed by atoms with Crippen LogP contribution in [0.5, 0.6) is 0 Å². The molecular formula is C7H14N2O3. The quantitative estimate of drug-likeness (QED) is 0.491. The van der Waals surface area contributed by atoms with E-state index in [-0.39, 0.29) is 18.6 Å². The maximum Gasteiger partial charge on any atom is 0.407 e. The molecular weight excluding hydrogens is 160 g/mol. The molecule has 1 amide bonds. The summed E-state index contributed by atoms with van der Waals surface area (Å²) in [4.78, 5) is 11.8. The SMILES string of the molecule is N[C@@H]1CN(C(=O)O)CC[C@@H]1CO. The van der Waals surface area contributed by atoms with Crippen LogP contribution in [0, 0.1) is 5.92 Å². The number of carboxylic acid groups (broad SMARTS) is 1. The van der Waals surface area contributed by atoms with E-state index in [4.69, 9.17) is 15.9 Å². The van der Waals surface area contributed by atoms with E-state index in [2.05, 4.69) is 0 Å². The largest absolute Gasteiger partial charge is 0.465 e. The first-order chi connectivity index (χ1) is 5.65. The zero-order valence-electron chi connectivity index (χ0n) is 6.81. The molecule has 12 heavy (non-hydrogen) atoms. The number of piperidine rings is 1. The van der Waals surface area contributed by atoms with Crippen molar-refractivity contribution in [3.05, 3.63) is 0 Å².